The average molecular weight is 527 g/mol. The minimum absolute atomic E-state index is 0.599. The van der Waals surface area contributed by atoms with Gasteiger partial charge in [-0.15, -0.1) is 0 Å². The first-order valence-corrected chi connectivity index (χ1v) is 13.4. The van der Waals surface area contributed by atoms with Crippen LogP contribution in [0.2, 0.25) is 0 Å². The summed E-state index contributed by atoms with van der Waals surface area (Å²) in [6.07, 6.45) is 0. The van der Waals surface area contributed by atoms with Crippen molar-refractivity contribution in [1.29, 1.82) is 5.26 Å². The third-order valence-corrected chi connectivity index (χ3v) is 6.85. The summed E-state index contributed by atoms with van der Waals surface area (Å²) in [5.41, 5.74) is 9.91. The Morgan fingerprint density at radius 3 is 1.12 bits per heavy atom. The van der Waals surface area contributed by atoms with Crippen LogP contribution in [0.15, 0.2) is 168 Å². The Kier molecular flexibility index (Phi) is 7.42. The molecule has 0 heterocycles. The van der Waals surface area contributed by atoms with Gasteiger partial charge in [-0.3, -0.25) is 0 Å². The lowest BCUT2D eigenvalue weighted by Gasteiger charge is -2.26. The molecule has 0 spiro atoms. The van der Waals surface area contributed by atoms with Crippen LogP contribution in [-0.4, -0.2) is 0 Å². The summed E-state index contributed by atoms with van der Waals surface area (Å²) >= 11 is 0. The lowest BCUT2D eigenvalue weighted by Crippen LogP contribution is -2.09. The minimum atomic E-state index is 0.599. The second-order valence-electron chi connectivity index (χ2n) is 9.54. The van der Waals surface area contributed by atoms with Crippen LogP contribution in [0.1, 0.15) is 5.56 Å². The summed E-state index contributed by atoms with van der Waals surface area (Å²) in [6.45, 7) is 0. The maximum absolute atomic E-state index is 9.00. The number of nitrogens with zero attached hydrogens (tertiary/aromatic N) is 4. The highest BCUT2D eigenvalue weighted by Crippen LogP contribution is 2.37. The van der Waals surface area contributed by atoms with Gasteiger partial charge in [-0.1, -0.05) is 84.9 Å². The maximum atomic E-state index is 9.00. The van der Waals surface area contributed by atoms with Gasteiger partial charge in [0, 0.05) is 17.1 Å². The van der Waals surface area contributed by atoms with Gasteiger partial charge in [-0.05, 0) is 95.1 Å². The van der Waals surface area contributed by atoms with Gasteiger partial charge in [0.1, 0.15) is 0 Å². The molecular weight excluding hydrogens is 500 g/mol. The predicted octanol–water partition coefficient (Wildman–Crippen LogP) is 10.8. The smallest absolute Gasteiger partial charge is 0.0991 e. The molecule has 6 aromatic carbocycles. The summed E-state index contributed by atoms with van der Waals surface area (Å²) in [4.78, 5) is 2.24. The van der Waals surface area contributed by atoms with Crippen molar-refractivity contribution in [3.05, 3.63) is 163 Å². The number of azo groups is 1. The van der Waals surface area contributed by atoms with Gasteiger partial charge in [-0.2, -0.15) is 15.5 Å². The van der Waals surface area contributed by atoms with E-state index < -0.39 is 0 Å². The SMILES string of the molecule is N#Cc1ccc(N=Nc2ccc(N(c3ccc(-c4ccccc4)cc3)c3ccc(-c4ccccc4)cc3)cc2)cc1. The molecule has 4 heteroatoms. The van der Waals surface area contributed by atoms with Crippen molar-refractivity contribution in [2.24, 2.45) is 10.2 Å². The molecular formula is C37H26N4. The first-order chi connectivity index (χ1) is 20.3. The van der Waals surface area contributed by atoms with Crippen molar-refractivity contribution in [2.75, 3.05) is 4.90 Å². The van der Waals surface area contributed by atoms with Crippen LogP contribution in [0.4, 0.5) is 28.4 Å². The third-order valence-electron chi connectivity index (χ3n) is 6.85. The number of nitriles is 1. The highest BCUT2D eigenvalue weighted by atomic mass is 15.1. The summed E-state index contributed by atoms with van der Waals surface area (Å²) in [5, 5.41) is 17.7. The molecule has 0 atom stereocenters. The van der Waals surface area contributed by atoms with E-state index in [-0.39, 0.29) is 0 Å². The fraction of sp³-hybridized carbons (Fsp3) is 0. The zero-order chi connectivity index (χ0) is 27.9. The molecule has 6 rings (SSSR count). The normalized spacial score (nSPS) is 10.8. The van der Waals surface area contributed by atoms with Crippen LogP contribution in [0, 0.1) is 11.3 Å². The van der Waals surface area contributed by atoms with E-state index in [1.807, 2.05) is 24.3 Å². The van der Waals surface area contributed by atoms with Gasteiger partial charge >= 0.3 is 0 Å². The summed E-state index contributed by atoms with van der Waals surface area (Å²) in [7, 11) is 0. The molecule has 0 saturated heterocycles. The minimum Gasteiger partial charge on any atom is -0.311 e. The topological polar surface area (TPSA) is 51.8 Å². The van der Waals surface area contributed by atoms with Gasteiger partial charge in [0.25, 0.3) is 0 Å². The monoisotopic (exact) mass is 526 g/mol. The van der Waals surface area contributed by atoms with Gasteiger partial charge in [0.2, 0.25) is 0 Å². The van der Waals surface area contributed by atoms with Crippen LogP contribution < -0.4 is 4.90 Å². The highest BCUT2D eigenvalue weighted by molar-refractivity contribution is 5.80. The Morgan fingerprint density at radius 2 is 0.732 bits per heavy atom. The number of rotatable bonds is 7. The fourth-order valence-corrected chi connectivity index (χ4v) is 4.70. The fourth-order valence-electron chi connectivity index (χ4n) is 4.70. The lowest BCUT2D eigenvalue weighted by atomic mass is 10.0. The molecule has 0 bridgehead atoms. The number of anilines is 3. The zero-order valence-electron chi connectivity index (χ0n) is 22.3. The second kappa shape index (κ2) is 11.9. The molecule has 0 unspecified atom stereocenters. The molecule has 4 nitrogen and oxygen atoms in total. The van der Waals surface area contributed by atoms with E-state index in [9.17, 15) is 0 Å². The van der Waals surface area contributed by atoms with Crippen LogP contribution in [0.5, 0.6) is 0 Å². The average Bonchev–Trinajstić information content (AvgIpc) is 3.06. The predicted molar refractivity (Wildman–Crippen MR) is 167 cm³/mol. The first-order valence-electron chi connectivity index (χ1n) is 13.4. The van der Waals surface area contributed by atoms with Crippen molar-refractivity contribution < 1.29 is 0 Å². The summed E-state index contributed by atoms with van der Waals surface area (Å²) in [5.74, 6) is 0. The standard InChI is InChI=1S/C37H26N4/c38-27-28-11-17-33(18-12-28)39-40-34-19-25-37(26-20-34)41(35-21-13-31(14-22-35)29-7-3-1-4-8-29)36-23-15-32(16-24-36)30-9-5-2-6-10-30/h1-26H. The van der Waals surface area contributed by atoms with E-state index in [0.717, 1.165) is 22.7 Å². The molecule has 0 radical (unpaired) electrons. The highest BCUT2D eigenvalue weighted by Gasteiger charge is 2.13. The molecule has 0 N–H and O–H groups in total. The largest absolute Gasteiger partial charge is 0.311 e. The van der Waals surface area contributed by atoms with Gasteiger partial charge in [0.15, 0.2) is 0 Å². The molecule has 6 aromatic rings. The quantitative estimate of drug-likeness (QED) is 0.194. The van der Waals surface area contributed by atoms with Crippen LogP contribution in [0.3, 0.4) is 0 Å². The van der Waals surface area contributed by atoms with Crippen molar-refractivity contribution in [1.82, 2.24) is 0 Å². The van der Waals surface area contributed by atoms with Crippen molar-refractivity contribution >= 4 is 28.4 Å². The molecule has 0 saturated carbocycles. The molecule has 0 aliphatic heterocycles. The Bertz CT molecular complexity index is 1700. The summed E-state index contributed by atoms with van der Waals surface area (Å²) in [6, 6.07) is 55.3. The first kappa shape index (κ1) is 25.5. The Morgan fingerprint density at radius 1 is 0.390 bits per heavy atom. The van der Waals surface area contributed by atoms with Crippen molar-refractivity contribution in [3.8, 4) is 28.3 Å². The molecule has 0 aliphatic carbocycles. The zero-order valence-corrected chi connectivity index (χ0v) is 22.3. The molecule has 0 fully saturated rings. The van der Waals surface area contributed by atoms with Crippen LogP contribution in [0.25, 0.3) is 22.3 Å². The van der Waals surface area contributed by atoms with Gasteiger partial charge in [-0.25, -0.2) is 0 Å². The number of hydrogen-bond donors (Lipinski definition) is 0. The van der Waals surface area contributed by atoms with E-state index in [1.165, 1.54) is 22.3 Å². The van der Waals surface area contributed by atoms with Crippen molar-refractivity contribution in [3.63, 3.8) is 0 Å². The number of benzene rings is 6. The Labute approximate surface area is 240 Å². The van der Waals surface area contributed by atoms with Crippen molar-refractivity contribution in [2.45, 2.75) is 0 Å². The van der Waals surface area contributed by atoms with Gasteiger partial charge in [0.05, 0.1) is 23.0 Å². The molecule has 0 amide bonds. The number of hydrogen-bond acceptors (Lipinski definition) is 4. The second-order valence-corrected chi connectivity index (χ2v) is 9.54. The van der Waals surface area contributed by atoms with E-state index in [4.69, 9.17) is 5.26 Å². The van der Waals surface area contributed by atoms with Crippen LogP contribution in [-0.2, 0) is 0 Å². The molecule has 194 valence electrons. The van der Waals surface area contributed by atoms with E-state index in [2.05, 4.69) is 130 Å². The van der Waals surface area contributed by atoms with E-state index >= 15 is 0 Å². The molecule has 0 aliphatic rings. The Balaban J connectivity index is 1.32. The molecule has 0 aromatic heterocycles. The third kappa shape index (κ3) is 5.95. The lowest BCUT2D eigenvalue weighted by molar-refractivity contribution is 1.22. The van der Waals surface area contributed by atoms with Gasteiger partial charge < -0.3 is 4.90 Å². The van der Waals surface area contributed by atoms with E-state index in [1.54, 1.807) is 24.3 Å². The van der Waals surface area contributed by atoms with E-state index in [0.29, 0.717) is 11.3 Å². The maximum Gasteiger partial charge on any atom is 0.0991 e. The van der Waals surface area contributed by atoms with Crippen LogP contribution >= 0.6 is 0 Å². The molecule has 41 heavy (non-hydrogen) atoms. The Hall–Kier alpha value is -5.79. The summed E-state index contributed by atoms with van der Waals surface area (Å²) < 4.78 is 0.